The molecule has 1 aliphatic heterocycles. The number of aryl methyl sites for hydroxylation is 1. The van der Waals surface area contributed by atoms with Crippen molar-refractivity contribution < 1.29 is 13.2 Å². The standard InChI is InChI=1S/C19H23N3O3S/c1-15-10-11-18(20-14-15)21-19(23)13-16-7-5-6-12-22(16)26(24,25)17-8-3-2-4-9-17/h2-4,8-11,14,16H,5-7,12-13H2,1H3,(H,20,21,23). The minimum absolute atomic E-state index is 0.127. The van der Waals surface area contributed by atoms with Gasteiger partial charge in [0.2, 0.25) is 15.9 Å². The van der Waals surface area contributed by atoms with E-state index in [1.54, 1.807) is 42.6 Å². The van der Waals surface area contributed by atoms with Crippen molar-refractivity contribution in [3.63, 3.8) is 0 Å². The summed E-state index contributed by atoms with van der Waals surface area (Å²) in [5, 5.41) is 2.76. The zero-order chi connectivity index (χ0) is 18.6. The summed E-state index contributed by atoms with van der Waals surface area (Å²) in [6, 6.07) is 11.7. The molecule has 0 spiro atoms. The highest BCUT2D eigenvalue weighted by Crippen LogP contribution is 2.27. The van der Waals surface area contributed by atoms with E-state index in [1.165, 1.54) is 4.31 Å². The van der Waals surface area contributed by atoms with Crippen LogP contribution >= 0.6 is 0 Å². The van der Waals surface area contributed by atoms with Crippen molar-refractivity contribution >= 4 is 21.7 Å². The number of piperidine rings is 1. The van der Waals surface area contributed by atoms with Crippen LogP contribution in [0.15, 0.2) is 53.6 Å². The van der Waals surface area contributed by atoms with Gasteiger partial charge < -0.3 is 5.32 Å². The molecule has 1 N–H and O–H groups in total. The summed E-state index contributed by atoms with van der Waals surface area (Å²) in [5.74, 6) is 0.260. The molecular weight excluding hydrogens is 350 g/mol. The van der Waals surface area contributed by atoms with Gasteiger partial charge in [-0.1, -0.05) is 30.7 Å². The fourth-order valence-corrected chi connectivity index (χ4v) is 4.89. The Labute approximate surface area is 154 Å². The Morgan fingerprint density at radius 1 is 1.19 bits per heavy atom. The molecule has 1 unspecified atom stereocenters. The van der Waals surface area contributed by atoms with Gasteiger partial charge >= 0.3 is 0 Å². The Kier molecular flexibility index (Phi) is 5.68. The van der Waals surface area contributed by atoms with Gasteiger partial charge in [-0.25, -0.2) is 13.4 Å². The van der Waals surface area contributed by atoms with Crippen LogP contribution in [0.3, 0.4) is 0 Å². The van der Waals surface area contributed by atoms with E-state index in [0.717, 1.165) is 18.4 Å². The predicted molar refractivity (Wildman–Crippen MR) is 100 cm³/mol. The van der Waals surface area contributed by atoms with Crippen LogP contribution in [0, 0.1) is 6.92 Å². The van der Waals surface area contributed by atoms with E-state index >= 15 is 0 Å². The molecule has 0 saturated carbocycles. The van der Waals surface area contributed by atoms with Crippen LogP contribution in [-0.4, -0.2) is 36.2 Å². The smallest absolute Gasteiger partial charge is 0.243 e. The molecule has 1 aromatic carbocycles. The number of sulfonamides is 1. The largest absolute Gasteiger partial charge is 0.311 e. The van der Waals surface area contributed by atoms with Gasteiger partial charge in [-0.3, -0.25) is 4.79 Å². The van der Waals surface area contributed by atoms with E-state index in [-0.39, 0.29) is 23.3 Å². The van der Waals surface area contributed by atoms with Crippen molar-refractivity contribution in [2.75, 3.05) is 11.9 Å². The van der Waals surface area contributed by atoms with Crippen LogP contribution in [0.1, 0.15) is 31.2 Å². The second-order valence-corrected chi connectivity index (χ2v) is 8.44. The third-order valence-electron chi connectivity index (χ3n) is 4.52. The molecule has 138 valence electrons. The van der Waals surface area contributed by atoms with Gasteiger partial charge in [-0.15, -0.1) is 0 Å². The van der Waals surface area contributed by atoms with Gasteiger partial charge in [0.25, 0.3) is 0 Å². The molecule has 1 atom stereocenters. The van der Waals surface area contributed by atoms with Gasteiger partial charge in [-0.05, 0) is 43.5 Å². The first-order valence-electron chi connectivity index (χ1n) is 8.76. The Morgan fingerprint density at radius 3 is 2.65 bits per heavy atom. The molecule has 6 nitrogen and oxygen atoms in total. The third-order valence-corrected chi connectivity index (χ3v) is 6.49. The zero-order valence-corrected chi connectivity index (χ0v) is 15.6. The molecule has 1 amide bonds. The number of carbonyl (C=O) groups is 1. The summed E-state index contributed by atoms with van der Waals surface area (Å²) in [7, 11) is -3.60. The number of pyridine rings is 1. The van der Waals surface area contributed by atoms with Crippen molar-refractivity contribution in [3.05, 3.63) is 54.2 Å². The molecule has 3 rings (SSSR count). The summed E-state index contributed by atoms with van der Waals surface area (Å²) < 4.78 is 27.4. The normalized spacial score (nSPS) is 18.4. The van der Waals surface area contributed by atoms with Crippen molar-refractivity contribution in [2.45, 2.75) is 43.5 Å². The maximum atomic E-state index is 13.0. The quantitative estimate of drug-likeness (QED) is 0.874. The van der Waals surface area contributed by atoms with Crippen LogP contribution in [-0.2, 0) is 14.8 Å². The molecule has 1 fully saturated rings. The predicted octanol–water partition coefficient (Wildman–Crippen LogP) is 2.96. The topological polar surface area (TPSA) is 79.4 Å². The molecule has 2 aromatic rings. The van der Waals surface area contributed by atoms with Crippen molar-refractivity contribution in [1.29, 1.82) is 0 Å². The summed E-state index contributed by atoms with van der Waals surface area (Å²) in [5.41, 5.74) is 1.01. The number of rotatable bonds is 5. The van der Waals surface area contributed by atoms with Crippen LogP contribution in [0.2, 0.25) is 0 Å². The first kappa shape index (κ1) is 18.5. The fourth-order valence-electron chi connectivity index (χ4n) is 3.17. The average Bonchev–Trinajstić information content (AvgIpc) is 2.64. The van der Waals surface area contributed by atoms with E-state index in [0.29, 0.717) is 18.8 Å². The third kappa shape index (κ3) is 4.28. The molecule has 0 aliphatic carbocycles. The van der Waals surface area contributed by atoms with Gasteiger partial charge in [0, 0.05) is 25.2 Å². The summed E-state index contributed by atoms with van der Waals surface area (Å²) in [6.45, 7) is 2.37. The molecule has 26 heavy (non-hydrogen) atoms. The Bertz CT molecular complexity index is 851. The first-order chi connectivity index (χ1) is 12.5. The van der Waals surface area contributed by atoms with E-state index in [4.69, 9.17) is 0 Å². The number of benzene rings is 1. The highest BCUT2D eigenvalue weighted by molar-refractivity contribution is 7.89. The summed E-state index contributed by atoms with van der Waals surface area (Å²) in [4.78, 5) is 16.8. The molecule has 0 radical (unpaired) electrons. The van der Waals surface area contributed by atoms with E-state index in [2.05, 4.69) is 10.3 Å². The second kappa shape index (κ2) is 7.97. The Hall–Kier alpha value is -2.25. The van der Waals surface area contributed by atoms with Crippen LogP contribution in [0.25, 0.3) is 0 Å². The SMILES string of the molecule is Cc1ccc(NC(=O)CC2CCCCN2S(=O)(=O)c2ccccc2)nc1. The number of hydrogen-bond donors (Lipinski definition) is 1. The van der Waals surface area contributed by atoms with Gasteiger partial charge in [0.1, 0.15) is 5.82 Å². The number of aromatic nitrogens is 1. The molecule has 0 bridgehead atoms. The van der Waals surface area contributed by atoms with Crippen LogP contribution in [0.4, 0.5) is 5.82 Å². The Morgan fingerprint density at radius 2 is 1.96 bits per heavy atom. The lowest BCUT2D eigenvalue weighted by Crippen LogP contribution is -2.45. The van der Waals surface area contributed by atoms with Crippen LogP contribution < -0.4 is 5.32 Å². The summed E-state index contributed by atoms with van der Waals surface area (Å²) >= 11 is 0. The number of nitrogens with zero attached hydrogens (tertiary/aromatic N) is 2. The minimum atomic E-state index is -3.60. The van der Waals surface area contributed by atoms with Crippen molar-refractivity contribution in [1.82, 2.24) is 9.29 Å². The second-order valence-electron chi connectivity index (χ2n) is 6.55. The van der Waals surface area contributed by atoms with Gasteiger partial charge in [0.05, 0.1) is 4.90 Å². The number of anilines is 1. The number of amides is 1. The average molecular weight is 373 g/mol. The highest BCUT2D eigenvalue weighted by atomic mass is 32.2. The summed E-state index contributed by atoms with van der Waals surface area (Å²) in [6.07, 6.45) is 4.22. The zero-order valence-electron chi connectivity index (χ0n) is 14.8. The lowest BCUT2D eigenvalue weighted by Gasteiger charge is -2.34. The molecule has 2 heterocycles. The van der Waals surface area contributed by atoms with Gasteiger partial charge in [0.15, 0.2) is 0 Å². The first-order valence-corrected chi connectivity index (χ1v) is 10.2. The maximum Gasteiger partial charge on any atom is 0.243 e. The van der Waals surface area contributed by atoms with Gasteiger partial charge in [-0.2, -0.15) is 4.31 Å². The molecule has 1 aliphatic rings. The molecular formula is C19H23N3O3S. The highest BCUT2D eigenvalue weighted by Gasteiger charge is 2.34. The maximum absolute atomic E-state index is 13.0. The molecule has 7 heteroatoms. The van der Waals surface area contributed by atoms with E-state index in [9.17, 15) is 13.2 Å². The number of hydrogen-bond acceptors (Lipinski definition) is 4. The van der Waals surface area contributed by atoms with Crippen LogP contribution in [0.5, 0.6) is 0 Å². The molecule has 1 aromatic heterocycles. The lowest BCUT2D eigenvalue weighted by atomic mass is 10.0. The minimum Gasteiger partial charge on any atom is -0.311 e. The van der Waals surface area contributed by atoms with Crippen molar-refractivity contribution in [3.8, 4) is 0 Å². The van der Waals surface area contributed by atoms with E-state index in [1.807, 2.05) is 13.0 Å². The number of nitrogens with one attached hydrogen (secondary N) is 1. The lowest BCUT2D eigenvalue weighted by molar-refractivity contribution is -0.117. The van der Waals surface area contributed by atoms with E-state index < -0.39 is 10.0 Å². The fraction of sp³-hybridized carbons (Fsp3) is 0.368. The monoisotopic (exact) mass is 373 g/mol. The van der Waals surface area contributed by atoms with Crippen molar-refractivity contribution in [2.24, 2.45) is 0 Å². The molecule has 1 saturated heterocycles. The Balaban J connectivity index is 1.72. The number of carbonyl (C=O) groups excluding carboxylic acids is 1.